The molecule has 1 saturated heterocycles. The number of carbonyl (C=O) groups excluding carboxylic acids is 1. The van der Waals surface area contributed by atoms with Crippen LogP contribution in [0.3, 0.4) is 0 Å². The maximum atomic E-state index is 12.4. The van der Waals surface area contributed by atoms with Gasteiger partial charge in [0.25, 0.3) is 0 Å². The maximum Gasteiger partial charge on any atom is 0.225 e. The molecule has 4 heteroatoms. The third-order valence-electron chi connectivity index (χ3n) is 4.56. The second-order valence-electron chi connectivity index (χ2n) is 5.80. The highest BCUT2D eigenvalue weighted by molar-refractivity contribution is 5.85. The van der Waals surface area contributed by atoms with Crippen molar-refractivity contribution in [2.75, 3.05) is 13.1 Å². The van der Waals surface area contributed by atoms with Crippen LogP contribution in [0, 0.1) is 11.8 Å². The lowest BCUT2D eigenvalue weighted by Crippen LogP contribution is -2.36. The summed E-state index contributed by atoms with van der Waals surface area (Å²) in [7, 11) is 0. The van der Waals surface area contributed by atoms with Crippen molar-refractivity contribution in [3.05, 3.63) is 0 Å². The third kappa shape index (κ3) is 3.86. The van der Waals surface area contributed by atoms with Gasteiger partial charge in [0.05, 0.1) is 0 Å². The van der Waals surface area contributed by atoms with Crippen molar-refractivity contribution >= 4 is 18.3 Å². The van der Waals surface area contributed by atoms with Gasteiger partial charge < -0.3 is 10.6 Å². The van der Waals surface area contributed by atoms with Gasteiger partial charge in [-0.2, -0.15) is 0 Å². The van der Waals surface area contributed by atoms with Gasteiger partial charge in [-0.15, -0.1) is 12.4 Å². The first-order valence-electron chi connectivity index (χ1n) is 7.25. The van der Waals surface area contributed by atoms with Crippen LogP contribution >= 0.6 is 12.4 Å². The van der Waals surface area contributed by atoms with E-state index < -0.39 is 0 Å². The molecule has 1 aliphatic carbocycles. The van der Waals surface area contributed by atoms with Gasteiger partial charge in [-0.1, -0.05) is 13.3 Å². The molecule has 2 N–H and O–H groups in total. The van der Waals surface area contributed by atoms with Crippen molar-refractivity contribution in [1.82, 2.24) is 4.90 Å². The van der Waals surface area contributed by atoms with Crippen LogP contribution in [-0.4, -0.2) is 29.9 Å². The monoisotopic (exact) mass is 274 g/mol. The van der Waals surface area contributed by atoms with Crippen LogP contribution in [0.4, 0.5) is 0 Å². The summed E-state index contributed by atoms with van der Waals surface area (Å²) in [6, 6.07) is 0.263. The van der Waals surface area contributed by atoms with Gasteiger partial charge >= 0.3 is 0 Å². The van der Waals surface area contributed by atoms with Crippen molar-refractivity contribution in [2.45, 2.75) is 57.9 Å². The van der Waals surface area contributed by atoms with Crippen LogP contribution in [0.25, 0.3) is 0 Å². The van der Waals surface area contributed by atoms with Crippen molar-refractivity contribution in [1.29, 1.82) is 0 Å². The van der Waals surface area contributed by atoms with E-state index >= 15 is 0 Å². The average Bonchev–Trinajstić information content (AvgIpc) is 2.64. The summed E-state index contributed by atoms with van der Waals surface area (Å²) in [5, 5.41) is 0. The number of hydrogen-bond donors (Lipinski definition) is 1. The van der Waals surface area contributed by atoms with Gasteiger partial charge in [0.2, 0.25) is 5.91 Å². The molecule has 18 heavy (non-hydrogen) atoms. The average molecular weight is 275 g/mol. The Labute approximate surface area is 117 Å². The van der Waals surface area contributed by atoms with Crippen LogP contribution in [0.2, 0.25) is 0 Å². The molecule has 0 bridgehead atoms. The second kappa shape index (κ2) is 7.34. The zero-order valence-corrected chi connectivity index (χ0v) is 12.3. The minimum Gasteiger partial charge on any atom is -0.342 e. The quantitative estimate of drug-likeness (QED) is 0.841. The first-order valence-corrected chi connectivity index (χ1v) is 7.25. The summed E-state index contributed by atoms with van der Waals surface area (Å²) in [6.07, 6.45) is 7.88. The molecule has 0 aromatic heterocycles. The molecule has 3 atom stereocenters. The van der Waals surface area contributed by atoms with Crippen molar-refractivity contribution in [3.8, 4) is 0 Å². The van der Waals surface area contributed by atoms with E-state index in [1.54, 1.807) is 0 Å². The van der Waals surface area contributed by atoms with E-state index in [0.717, 1.165) is 38.3 Å². The van der Waals surface area contributed by atoms with Gasteiger partial charge in [0, 0.05) is 25.0 Å². The number of likely N-dealkylation sites (tertiary alicyclic amines) is 1. The minimum atomic E-state index is 0. The van der Waals surface area contributed by atoms with Gasteiger partial charge in [-0.25, -0.2) is 0 Å². The SMILES string of the molecule is CCC1CCCN(C(=O)C2CCC(N)C2)CC1.Cl. The Morgan fingerprint density at radius 1 is 1.22 bits per heavy atom. The lowest BCUT2D eigenvalue weighted by molar-refractivity contribution is -0.135. The van der Waals surface area contributed by atoms with E-state index in [9.17, 15) is 4.79 Å². The zero-order chi connectivity index (χ0) is 12.3. The minimum absolute atomic E-state index is 0. The van der Waals surface area contributed by atoms with Crippen LogP contribution < -0.4 is 5.73 Å². The maximum absolute atomic E-state index is 12.4. The largest absolute Gasteiger partial charge is 0.342 e. The van der Waals surface area contributed by atoms with Crippen LogP contribution in [0.5, 0.6) is 0 Å². The van der Waals surface area contributed by atoms with E-state index in [2.05, 4.69) is 11.8 Å². The Morgan fingerprint density at radius 2 is 2.00 bits per heavy atom. The normalized spacial score (nSPS) is 32.8. The van der Waals surface area contributed by atoms with E-state index in [4.69, 9.17) is 5.73 Å². The predicted octanol–water partition coefficient (Wildman–Crippen LogP) is 2.57. The van der Waals surface area contributed by atoms with E-state index in [0.29, 0.717) is 5.91 Å². The Bertz CT molecular complexity index is 273. The summed E-state index contributed by atoms with van der Waals surface area (Å²) in [5.41, 5.74) is 5.90. The predicted molar refractivity (Wildman–Crippen MR) is 76.8 cm³/mol. The molecule has 2 rings (SSSR count). The standard InChI is InChI=1S/C14H26N2O.ClH/c1-2-11-4-3-8-16(9-7-11)14(17)12-5-6-13(15)10-12;/h11-13H,2-10,15H2,1H3;1H. The summed E-state index contributed by atoms with van der Waals surface area (Å²) in [6.45, 7) is 4.21. The third-order valence-corrected chi connectivity index (χ3v) is 4.56. The highest BCUT2D eigenvalue weighted by atomic mass is 35.5. The van der Waals surface area contributed by atoms with E-state index in [1.807, 2.05) is 0 Å². The lowest BCUT2D eigenvalue weighted by atomic mass is 9.98. The van der Waals surface area contributed by atoms with Crippen molar-refractivity contribution < 1.29 is 4.79 Å². The number of nitrogens with zero attached hydrogens (tertiary/aromatic N) is 1. The van der Waals surface area contributed by atoms with Crippen LogP contribution in [0.15, 0.2) is 0 Å². The van der Waals surface area contributed by atoms with E-state index in [-0.39, 0.29) is 24.4 Å². The molecule has 0 aromatic carbocycles. The number of carbonyl (C=O) groups is 1. The number of hydrogen-bond acceptors (Lipinski definition) is 2. The number of halogens is 1. The fraction of sp³-hybridized carbons (Fsp3) is 0.929. The van der Waals surface area contributed by atoms with Gasteiger partial charge in [-0.3, -0.25) is 4.79 Å². The smallest absolute Gasteiger partial charge is 0.225 e. The molecule has 3 nitrogen and oxygen atoms in total. The van der Waals surface area contributed by atoms with Crippen molar-refractivity contribution in [3.63, 3.8) is 0 Å². The van der Waals surface area contributed by atoms with Crippen molar-refractivity contribution in [2.24, 2.45) is 17.6 Å². The van der Waals surface area contributed by atoms with E-state index in [1.165, 1.54) is 25.7 Å². The molecule has 1 heterocycles. The fourth-order valence-corrected chi connectivity index (χ4v) is 3.29. The Balaban J connectivity index is 0.00000162. The highest BCUT2D eigenvalue weighted by Gasteiger charge is 2.31. The van der Waals surface area contributed by atoms with Crippen LogP contribution in [-0.2, 0) is 4.79 Å². The lowest BCUT2D eigenvalue weighted by Gasteiger charge is -2.24. The molecule has 1 saturated carbocycles. The molecule has 106 valence electrons. The molecule has 0 radical (unpaired) electrons. The summed E-state index contributed by atoms with van der Waals surface area (Å²) in [4.78, 5) is 14.5. The first kappa shape index (κ1) is 15.8. The summed E-state index contributed by atoms with van der Waals surface area (Å²) >= 11 is 0. The fourth-order valence-electron chi connectivity index (χ4n) is 3.29. The molecular formula is C14H27ClN2O. The topological polar surface area (TPSA) is 46.3 Å². The Morgan fingerprint density at radius 3 is 2.61 bits per heavy atom. The van der Waals surface area contributed by atoms with Crippen LogP contribution in [0.1, 0.15) is 51.9 Å². The molecule has 2 fully saturated rings. The van der Waals surface area contributed by atoms with Gasteiger partial charge in [-0.05, 0) is 44.4 Å². The molecular weight excluding hydrogens is 248 g/mol. The number of rotatable bonds is 2. The summed E-state index contributed by atoms with van der Waals surface area (Å²) in [5.74, 6) is 1.44. The molecule has 2 aliphatic rings. The molecule has 1 aliphatic heterocycles. The molecule has 0 spiro atoms. The zero-order valence-electron chi connectivity index (χ0n) is 11.4. The Kier molecular flexibility index (Phi) is 6.44. The van der Waals surface area contributed by atoms with Gasteiger partial charge in [0.1, 0.15) is 0 Å². The Hall–Kier alpha value is -0.280. The molecule has 0 aromatic rings. The number of amides is 1. The number of nitrogens with two attached hydrogens (primary N) is 1. The molecule has 3 unspecified atom stereocenters. The summed E-state index contributed by atoms with van der Waals surface area (Å²) < 4.78 is 0. The first-order chi connectivity index (χ1) is 8.20. The van der Waals surface area contributed by atoms with Gasteiger partial charge in [0.15, 0.2) is 0 Å². The molecule has 1 amide bonds. The second-order valence-corrected chi connectivity index (χ2v) is 5.80. The highest BCUT2D eigenvalue weighted by Crippen LogP contribution is 2.28.